The van der Waals surface area contributed by atoms with Gasteiger partial charge in [0.05, 0.1) is 16.9 Å². The number of hydrogen-bond donors (Lipinski definition) is 4. The fourth-order valence-corrected chi connectivity index (χ4v) is 3.26. The molecule has 0 aliphatic rings. The lowest BCUT2D eigenvalue weighted by atomic mass is 10.1. The number of nitrogens with zero attached hydrogens (tertiary/aromatic N) is 2. The van der Waals surface area contributed by atoms with E-state index in [2.05, 4.69) is 26.1 Å². The third-order valence-electron chi connectivity index (χ3n) is 3.86. The van der Waals surface area contributed by atoms with Gasteiger partial charge in [-0.2, -0.15) is 0 Å². The standard InChI is InChI=1S/C18H24N6O3S/c1-11-17(24-27)28-18(21-11)23-16(26)14-7-6-13(10-15(14)22-12(2)25)20-9-5-3-4-8-19/h6-7,10,20H,3-5,8-9,19H2,1-2H3,(H,22,25)(H,21,23,26). The summed E-state index contributed by atoms with van der Waals surface area (Å²) in [5.41, 5.74) is 7.41. The van der Waals surface area contributed by atoms with Crippen molar-refractivity contribution in [3.63, 3.8) is 0 Å². The number of carbonyl (C=O) groups excluding carboxylic acids is 2. The fraction of sp³-hybridized carbons (Fsp3) is 0.389. The number of thiazole rings is 1. The lowest BCUT2D eigenvalue weighted by Gasteiger charge is -2.13. The summed E-state index contributed by atoms with van der Waals surface area (Å²) in [4.78, 5) is 39.0. The smallest absolute Gasteiger partial charge is 0.259 e. The molecule has 1 heterocycles. The van der Waals surface area contributed by atoms with Crippen molar-refractivity contribution in [1.82, 2.24) is 4.98 Å². The average Bonchev–Trinajstić information content (AvgIpc) is 3.00. The number of benzene rings is 1. The zero-order valence-corrected chi connectivity index (χ0v) is 16.7. The van der Waals surface area contributed by atoms with E-state index in [0.717, 1.165) is 42.8 Å². The third-order valence-corrected chi connectivity index (χ3v) is 4.81. The second-order valence-electron chi connectivity index (χ2n) is 6.17. The highest BCUT2D eigenvalue weighted by molar-refractivity contribution is 7.19. The van der Waals surface area contributed by atoms with Gasteiger partial charge >= 0.3 is 0 Å². The Bertz CT molecular complexity index is 852. The molecule has 28 heavy (non-hydrogen) atoms. The van der Waals surface area contributed by atoms with Crippen LogP contribution in [-0.2, 0) is 4.79 Å². The molecular weight excluding hydrogens is 380 g/mol. The van der Waals surface area contributed by atoms with Gasteiger partial charge in [-0.3, -0.25) is 14.9 Å². The van der Waals surface area contributed by atoms with Crippen molar-refractivity contribution in [2.75, 3.05) is 29.0 Å². The molecule has 2 aromatic rings. The normalized spacial score (nSPS) is 10.4. The van der Waals surface area contributed by atoms with Crippen LogP contribution in [0.3, 0.4) is 0 Å². The van der Waals surface area contributed by atoms with Crippen molar-refractivity contribution in [2.24, 2.45) is 10.9 Å². The van der Waals surface area contributed by atoms with E-state index in [4.69, 9.17) is 5.73 Å². The van der Waals surface area contributed by atoms with Crippen LogP contribution in [0.5, 0.6) is 0 Å². The number of aromatic nitrogens is 1. The first-order chi connectivity index (χ1) is 13.4. The first-order valence-corrected chi connectivity index (χ1v) is 9.74. The largest absolute Gasteiger partial charge is 0.385 e. The highest BCUT2D eigenvalue weighted by atomic mass is 32.1. The molecule has 0 aliphatic carbocycles. The number of carbonyl (C=O) groups is 2. The zero-order chi connectivity index (χ0) is 20.5. The van der Waals surface area contributed by atoms with E-state index in [-0.39, 0.29) is 21.6 Å². The number of nitroso groups, excluding NO2 is 1. The molecular formula is C18H24N6O3S. The molecule has 0 radical (unpaired) electrons. The summed E-state index contributed by atoms with van der Waals surface area (Å²) in [6, 6.07) is 5.11. The maximum atomic E-state index is 12.6. The van der Waals surface area contributed by atoms with Crippen LogP contribution in [0.2, 0.25) is 0 Å². The number of nitrogens with one attached hydrogen (secondary N) is 3. The predicted molar refractivity (Wildman–Crippen MR) is 112 cm³/mol. The zero-order valence-electron chi connectivity index (χ0n) is 15.9. The van der Waals surface area contributed by atoms with Gasteiger partial charge in [0, 0.05) is 19.2 Å². The third kappa shape index (κ3) is 6.10. The minimum absolute atomic E-state index is 0.214. The number of rotatable bonds is 10. The molecule has 9 nitrogen and oxygen atoms in total. The summed E-state index contributed by atoms with van der Waals surface area (Å²) in [6.07, 6.45) is 2.99. The number of aryl methyl sites for hydroxylation is 1. The van der Waals surface area contributed by atoms with Crippen LogP contribution in [0, 0.1) is 11.8 Å². The molecule has 0 aliphatic heterocycles. The van der Waals surface area contributed by atoms with Gasteiger partial charge in [-0.05, 0) is 49.7 Å². The maximum absolute atomic E-state index is 12.6. The van der Waals surface area contributed by atoms with Crippen molar-refractivity contribution < 1.29 is 9.59 Å². The fourth-order valence-electron chi connectivity index (χ4n) is 2.52. The lowest BCUT2D eigenvalue weighted by Crippen LogP contribution is -2.17. The van der Waals surface area contributed by atoms with Crippen molar-refractivity contribution >= 4 is 44.7 Å². The Kier molecular flexibility index (Phi) is 8.02. The SMILES string of the molecule is CC(=O)Nc1cc(NCCCCCN)ccc1C(=O)Nc1nc(C)c(N=O)s1. The van der Waals surface area contributed by atoms with Gasteiger partial charge in [0.2, 0.25) is 5.91 Å². The predicted octanol–water partition coefficient (Wildman–Crippen LogP) is 3.60. The summed E-state index contributed by atoms with van der Waals surface area (Å²) in [7, 11) is 0. The number of nitrogens with two attached hydrogens (primary N) is 1. The van der Waals surface area contributed by atoms with Crippen LogP contribution >= 0.6 is 11.3 Å². The van der Waals surface area contributed by atoms with Gasteiger partial charge in [-0.15, -0.1) is 4.91 Å². The Morgan fingerprint density at radius 3 is 2.64 bits per heavy atom. The lowest BCUT2D eigenvalue weighted by molar-refractivity contribution is -0.114. The Balaban J connectivity index is 2.13. The Hall–Kier alpha value is -2.85. The molecule has 0 spiro atoms. The molecule has 0 saturated heterocycles. The van der Waals surface area contributed by atoms with Crippen molar-refractivity contribution in [3.05, 3.63) is 34.4 Å². The van der Waals surface area contributed by atoms with Gasteiger partial charge in [0.25, 0.3) is 5.91 Å². The van der Waals surface area contributed by atoms with Crippen LogP contribution in [-0.4, -0.2) is 29.9 Å². The van der Waals surface area contributed by atoms with Crippen molar-refractivity contribution in [1.29, 1.82) is 0 Å². The number of hydrogen-bond acceptors (Lipinski definition) is 8. The molecule has 1 aromatic carbocycles. The van der Waals surface area contributed by atoms with E-state index >= 15 is 0 Å². The summed E-state index contributed by atoms with van der Waals surface area (Å²) in [6.45, 7) is 4.46. The highest BCUT2D eigenvalue weighted by Gasteiger charge is 2.16. The quantitative estimate of drug-likeness (QED) is 0.352. The minimum Gasteiger partial charge on any atom is -0.385 e. The molecule has 0 bridgehead atoms. The number of unbranched alkanes of at least 4 members (excludes halogenated alkanes) is 2. The average molecular weight is 404 g/mol. The first kappa shape index (κ1) is 21.5. The molecule has 10 heteroatoms. The van der Waals surface area contributed by atoms with Crippen LogP contribution in [0.25, 0.3) is 0 Å². The second kappa shape index (κ2) is 10.5. The molecule has 1 aromatic heterocycles. The Labute approximate surface area is 167 Å². The molecule has 5 N–H and O–H groups in total. The second-order valence-corrected chi connectivity index (χ2v) is 7.15. The first-order valence-electron chi connectivity index (χ1n) is 8.92. The molecule has 0 unspecified atom stereocenters. The van der Waals surface area contributed by atoms with E-state index in [0.29, 0.717) is 17.9 Å². The van der Waals surface area contributed by atoms with Gasteiger partial charge in [-0.1, -0.05) is 17.8 Å². The highest BCUT2D eigenvalue weighted by Crippen LogP contribution is 2.31. The maximum Gasteiger partial charge on any atom is 0.259 e. The molecule has 0 fully saturated rings. The molecule has 0 saturated carbocycles. The molecule has 150 valence electrons. The van der Waals surface area contributed by atoms with E-state index in [1.165, 1.54) is 6.92 Å². The Morgan fingerprint density at radius 1 is 1.21 bits per heavy atom. The van der Waals surface area contributed by atoms with Crippen LogP contribution in [0.15, 0.2) is 23.4 Å². The number of amides is 2. The number of anilines is 3. The van der Waals surface area contributed by atoms with Crippen LogP contribution in [0.4, 0.5) is 21.5 Å². The van der Waals surface area contributed by atoms with Gasteiger partial charge in [0.1, 0.15) is 0 Å². The molecule has 2 amide bonds. The van der Waals surface area contributed by atoms with Crippen molar-refractivity contribution in [3.8, 4) is 0 Å². The van der Waals surface area contributed by atoms with E-state index in [1.807, 2.05) is 0 Å². The monoisotopic (exact) mass is 404 g/mol. The summed E-state index contributed by atoms with van der Waals surface area (Å²) < 4.78 is 0. The van der Waals surface area contributed by atoms with Crippen LogP contribution in [0.1, 0.15) is 42.2 Å². The van der Waals surface area contributed by atoms with Crippen LogP contribution < -0.4 is 21.7 Å². The van der Waals surface area contributed by atoms with Crippen molar-refractivity contribution in [2.45, 2.75) is 33.1 Å². The van der Waals surface area contributed by atoms with E-state index in [9.17, 15) is 14.5 Å². The van der Waals surface area contributed by atoms with Gasteiger partial charge < -0.3 is 16.4 Å². The molecule has 2 rings (SSSR count). The van der Waals surface area contributed by atoms with Gasteiger partial charge in [0.15, 0.2) is 10.1 Å². The minimum atomic E-state index is -0.440. The summed E-state index contributed by atoms with van der Waals surface area (Å²) in [5.74, 6) is -0.726. The molecule has 0 atom stereocenters. The topological polar surface area (TPSA) is 139 Å². The van der Waals surface area contributed by atoms with E-state index < -0.39 is 5.91 Å². The summed E-state index contributed by atoms with van der Waals surface area (Å²) >= 11 is 0.992. The van der Waals surface area contributed by atoms with E-state index in [1.54, 1.807) is 25.1 Å². The van der Waals surface area contributed by atoms with Gasteiger partial charge in [-0.25, -0.2) is 4.98 Å². The summed E-state index contributed by atoms with van der Waals surface area (Å²) in [5, 5.41) is 11.9. The Morgan fingerprint density at radius 2 is 2.00 bits per heavy atom.